The van der Waals surface area contributed by atoms with E-state index in [4.69, 9.17) is 10.5 Å². The zero-order valence-corrected chi connectivity index (χ0v) is 17.4. The zero-order valence-electron chi connectivity index (χ0n) is 14.9. The summed E-state index contributed by atoms with van der Waals surface area (Å²) in [4.78, 5) is 8.92. The van der Waals surface area contributed by atoms with Gasteiger partial charge < -0.3 is 20.5 Å². The van der Waals surface area contributed by atoms with Crippen molar-refractivity contribution in [1.29, 1.82) is 0 Å². The van der Waals surface area contributed by atoms with E-state index in [1.165, 1.54) is 0 Å². The maximum atomic E-state index is 10.2. The number of ether oxygens (including phenoxy) is 1. The highest BCUT2D eigenvalue weighted by molar-refractivity contribution is 5.86. The highest BCUT2D eigenvalue weighted by Crippen LogP contribution is 2.14. The molecule has 2 heterocycles. The number of nitrogens with two attached hydrogens (primary N) is 1. The van der Waals surface area contributed by atoms with Gasteiger partial charge in [0.2, 0.25) is 0 Å². The molecule has 1 unspecified atom stereocenters. The summed E-state index contributed by atoms with van der Waals surface area (Å²) in [5.41, 5.74) is 6.34. The van der Waals surface area contributed by atoms with Gasteiger partial charge in [-0.05, 0) is 36.4 Å². The number of aliphatic hydroxyl groups is 1. The van der Waals surface area contributed by atoms with Crippen LogP contribution in [0.15, 0.2) is 48.7 Å². The maximum absolute atomic E-state index is 10.2. The molecule has 3 N–H and O–H groups in total. The van der Waals surface area contributed by atoms with Crippen LogP contribution in [0.2, 0.25) is 0 Å². The van der Waals surface area contributed by atoms with Gasteiger partial charge in [-0.15, -0.1) is 37.2 Å². The topological polar surface area (TPSA) is 74.9 Å². The Labute approximate surface area is 178 Å². The minimum absolute atomic E-state index is 0. The van der Waals surface area contributed by atoms with Crippen molar-refractivity contribution < 1.29 is 9.84 Å². The normalized spacial score (nSPS) is 14.9. The molecule has 0 aliphatic carbocycles. The van der Waals surface area contributed by atoms with Gasteiger partial charge in [-0.3, -0.25) is 4.90 Å². The molecule has 3 rings (SSSR count). The van der Waals surface area contributed by atoms with Crippen molar-refractivity contribution in [3.05, 3.63) is 48.7 Å². The Kier molecular flexibility index (Phi) is 12.2. The van der Waals surface area contributed by atoms with Crippen molar-refractivity contribution in [1.82, 2.24) is 9.88 Å². The largest absolute Gasteiger partial charge is 0.491 e. The van der Waals surface area contributed by atoms with Crippen LogP contribution in [0, 0.1) is 0 Å². The summed E-state index contributed by atoms with van der Waals surface area (Å²) in [5, 5.41) is 10.2. The molecule has 0 spiro atoms. The average molecular weight is 438 g/mol. The maximum Gasteiger partial charge on any atom is 0.128 e. The lowest BCUT2D eigenvalue weighted by Crippen LogP contribution is -2.49. The lowest BCUT2D eigenvalue weighted by atomic mass is 10.2. The Morgan fingerprint density at radius 2 is 1.67 bits per heavy atom. The highest BCUT2D eigenvalue weighted by atomic mass is 35.5. The Hall–Kier alpha value is -1.44. The second-order valence-electron chi connectivity index (χ2n) is 6.01. The second kappa shape index (κ2) is 12.9. The van der Waals surface area contributed by atoms with Crippen molar-refractivity contribution in [2.75, 3.05) is 50.0 Å². The first-order valence-corrected chi connectivity index (χ1v) is 8.25. The third-order valence-corrected chi connectivity index (χ3v) is 4.14. The molecule has 6 nitrogen and oxygen atoms in total. The van der Waals surface area contributed by atoms with Crippen molar-refractivity contribution >= 4 is 48.7 Å². The fourth-order valence-corrected chi connectivity index (χ4v) is 2.81. The first-order chi connectivity index (χ1) is 11.7. The van der Waals surface area contributed by atoms with E-state index in [1.54, 1.807) is 12.1 Å². The summed E-state index contributed by atoms with van der Waals surface area (Å²) in [6.07, 6.45) is 1.31. The molecular weight excluding hydrogens is 411 g/mol. The number of β-amino-alcohol motifs (C(OH)–C–C–N with tert-alkyl or cyclic N) is 1. The molecule has 1 saturated heterocycles. The van der Waals surface area contributed by atoms with Crippen molar-refractivity contribution in [3.63, 3.8) is 0 Å². The summed E-state index contributed by atoms with van der Waals surface area (Å²) in [6.45, 7) is 4.56. The van der Waals surface area contributed by atoms with Crippen molar-refractivity contribution in [2.45, 2.75) is 6.10 Å². The number of pyridine rings is 1. The summed E-state index contributed by atoms with van der Waals surface area (Å²) in [6, 6.07) is 13.2. The molecule has 9 heteroatoms. The number of hydrogen-bond acceptors (Lipinski definition) is 6. The predicted octanol–water partition coefficient (Wildman–Crippen LogP) is 2.49. The average Bonchev–Trinajstić information content (AvgIpc) is 2.63. The fourth-order valence-electron chi connectivity index (χ4n) is 2.81. The van der Waals surface area contributed by atoms with E-state index in [9.17, 15) is 5.11 Å². The monoisotopic (exact) mass is 436 g/mol. The van der Waals surface area contributed by atoms with Gasteiger partial charge in [-0.2, -0.15) is 0 Å². The standard InChI is InChI=1S/C18H24N4O2.3ClH/c19-15-4-6-17(7-5-15)24-14-16(23)13-21-9-11-22(12-10-21)18-3-1-2-8-20-18;;;/h1-8,16,23H,9-14,19H2;3*1H. The number of hydrogen-bond donors (Lipinski definition) is 2. The van der Waals surface area contributed by atoms with Crippen LogP contribution in [0.4, 0.5) is 11.5 Å². The molecule has 1 aromatic heterocycles. The predicted molar refractivity (Wildman–Crippen MR) is 117 cm³/mol. The Balaban J connectivity index is 0.00000225. The summed E-state index contributed by atoms with van der Waals surface area (Å²) in [7, 11) is 0. The van der Waals surface area contributed by atoms with Gasteiger partial charge in [-0.25, -0.2) is 4.98 Å². The number of piperazine rings is 1. The van der Waals surface area contributed by atoms with Gasteiger partial charge in [-0.1, -0.05) is 6.07 Å². The molecule has 0 saturated carbocycles. The molecule has 1 aliphatic rings. The SMILES string of the molecule is Cl.Cl.Cl.Nc1ccc(OCC(O)CN2CCN(c3ccccn3)CC2)cc1. The third kappa shape index (κ3) is 7.99. The summed E-state index contributed by atoms with van der Waals surface area (Å²) < 4.78 is 5.60. The van der Waals surface area contributed by atoms with Crippen LogP contribution in [0.1, 0.15) is 0 Å². The number of nitrogens with zero attached hydrogens (tertiary/aromatic N) is 3. The Bertz CT molecular complexity index is 626. The van der Waals surface area contributed by atoms with Crippen LogP contribution in [0.5, 0.6) is 5.75 Å². The molecule has 0 bridgehead atoms. The highest BCUT2D eigenvalue weighted by Gasteiger charge is 2.20. The number of anilines is 2. The minimum atomic E-state index is -0.510. The molecule has 1 aliphatic heterocycles. The first-order valence-electron chi connectivity index (χ1n) is 8.25. The van der Waals surface area contributed by atoms with E-state index in [0.717, 1.165) is 37.7 Å². The third-order valence-electron chi connectivity index (χ3n) is 4.14. The molecule has 0 amide bonds. The van der Waals surface area contributed by atoms with Gasteiger partial charge in [0.15, 0.2) is 0 Å². The van der Waals surface area contributed by atoms with Crippen LogP contribution in [0.25, 0.3) is 0 Å². The Morgan fingerprint density at radius 1 is 1.00 bits per heavy atom. The number of nitrogen functional groups attached to an aromatic ring is 1. The van der Waals surface area contributed by atoms with E-state index in [1.807, 2.05) is 36.5 Å². The number of rotatable bonds is 6. The van der Waals surface area contributed by atoms with E-state index in [2.05, 4.69) is 14.8 Å². The van der Waals surface area contributed by atoms with E-state index in [-0.39, 0.29) is 43.8 Å². The quantitative estimate of drug-likeness (QED) is 0.676. The van der Waals surface area contributed by atoms with Crippen molar-refractivity contribution in [3.8, 4) is 5.75 Å². The van der Waals surface area contributed by atoms with Gasteiger partial charge in [0.25, 0.3) is 0 Å². The molecule has 27 heavy (non-hydrogen) atoms. The van der Waals surface area contributed by atoms with E-state index in [0.29, 0.717) is 12.2 Å². The number of aliphatic hydroxyl groups excluding tert-OH is 1. The fraction of sp³-hybridized carbons (Fsp3) is 0.389. The molecular formula is C18H27Cl3N4O2. The van der Waals surface area contributed by atoms with Crippen molar-refractivity contribution in [2.24, 2.45) is 0 Å². The van der Waals surface area contributed by atoms with Gasteiger partial charge in [0.1, 0.15) is 24.3 Å². The number of benzene rings is 1. The molecule has 1 aromatic carbocycles. The molecule has 1 atom stereocenters. The van der Waals surface area contributed by atoms with Crippen LogP contribution < -0.4 is 15.4 Å². The Morgan fingerprint density at radius 3 is 2.26 bits per heavy atom. The van der Waals surface area contributed by atoms with Crippen LogP contribution in [-0.2, 0) is 0 Å². The zero-order chi connectivity index (χ0) is 16.8. The van der Waals surface area contributed by atoms with Crippen LogP contribution in [-0.4, -0.2) is 60.4 Å². The van der Waals surface area contributed by atoms with Gasteiger partial charge >= 0.3 is 0 Å². The van der Waals surface area contributed by atoms with Crippen LogP contribution in [0.3, 0.4) is 0 Å². The number of aromatic nitrogens is 1. The summed E-state index contributed by atoms with van der Waals surface area (Å²) in [5.74, 6) is 1.74. The first kappa shape index (κ1) is 25.6. The number of halogens is 3. The minimum Gasteiger partial charge on any atom is -0.491 e. The van der Waals surface area contributed by atoms with E-state index >= 15 is 0 Å². The molecule has 152 valence electrons. The second-order valence-corrected chi connectivity index (χ2v) is 6.01. The molecule has 2 aromatic rings. The lowest BCUT2D eigenvalue weighted by Gasteiger charge is -2.36. The molecule has 1 fully saturated rings. The van der Waals surface area contributed by atoms with Crippen LogP contribution >= 0.6 is 37.2 Å². The lowest BCUT2D eigenvalue weighted by molar-refractivity contribution is 0.0663. The smallest absolute Gasteiger partial charge is 0.128 e. The van der Waals surface area contributed by atoms with Gasteiger partial charge in [0.05, 0.1) is 0 Å². The van der Waals surface area contributed by atoms with E-state index < -0.39 is 6.10 Å². The molecule has 0 radical (unpaired) electrons. The van der Waals surface area contributed by atoms with Gasteiger partial charge in [0, 0.05) is 44.6 Å². The summed E-state index contributed by atoms with van der Waals surface area (Å²) >= 11 is 0.